The fourth-order valence-corrected chi connectivity index (χ4v) is 1.44. The van der Waals surface area contributed by atoms with Gasteiger partial charge in [-0.1, -0.05) is 13.8 Å². The molecule has 1 amide bonds. The first-order valence-electron chi connectivity index (χ1n) is 5.89. The Kier molecular flexibility index (Phi) is 5.58. The van der Waals surface area contributed by atoms with Gasteiger partial charge in [-0.15, -0.1) is 0 Å². The van der Waals surface area contributed by atoms with Gasteiger partial charge in [0, 0.05) is 30.8 Å². The van der Waals surface area contributed by atoms with Crippen LogP contribution in [-0.2, 0) is 4.79 Å². The van der Waals surface area contributed by atoms with Crippen molar-refractivity contribution in [1.82, 2.24) is 5.32 Å². The smallest absolute Gasteiger partial charge is 0.225 e. The van der Waals surface area contributed by atoms with Crippen molar-refractivity contribution in [3.05, 3.63) is 24.0 Å². The number of benzene rings is 1. The van der Waals surface area contributed by atoms with Gasteiger partial charge < -0.3 is 15.4 Å². The molecule has 0 saturated carbocycles. The van der Waals surface area contributed by atoms with Crippen LogP contribution in [0.25, 0.3) is 0 Å². The third kappa shape index (κ3) is 4.71. The topological polar surface area (TPSA) is 50.4 Å². The third-order valence-electron chi connectivity index (χ3n) is 2.34. The van der Waals surface area contributed by atoms with Gasteiger partial charge in [0.05, 0.1) is 7.11 Å². The molecule has 0 saturated heterocycles. The molecular formula is C13H19FN2O2. The molecule has 0 aliphatic rings. The number of halogens is 1. The van der Waals surface area contributed by atoms with Crippen molar-refractivity contribution in [1.29, 1.82) is 0 Å². The van der Waals surface area contributed by atoms with Gasteiger partial charge in [-0.25, -0.2) is 4.39 Å². The zero-order chi connectivity index (χ0) is 13.5. The lowest BCUT2D eigenvalue weighted by atomic mass is 10.2. The summed E-state index contributed by atoms with van der Waals surface area (Å²) in [5, 5.41) is 5.77. The summed E-state index contributed by atoms with van der Waals surface area (Å²) in [5.41, 5.74) is 0.433. The van der Waals surface area contributed by atoms with E-state index in [2.05, 4.69) is 10.6 Å². The molecule has 1 rings (SSSR count). The highest BCUT2D eigenvalue weighted by Gasteiger charge is 2.06. The van der Waals surface area contributed by atoms with E-state index in [0.29, 0.717) is 24.7 Å². The molecule has 0 bridgehead atoms. The third-order valence-corrected chi connectivity index (χ3v) is 2.34. The Bertz CT molecular complexity index is 408. The lowest BCUT2D eigenvalue weighted by Crippen LogP contribution is -2.27. The van der Waals surface area contributed by atoms with Gasteiger partial charge in [0.2, 0.25) is 5.91 Å². The minimum atomic E-state index is -0.490. The van der Waals surface area contributed by atoms with Crippen molar-refractivity contribution in [2.24, 2.45) is 0 Å². The van der Waals surface area contributed by atoms with Crippen LogP contribution >= 0.6 is 0 Å². The number of rotatable bonds is 6. The van der Waals surface area contributed by atoms with Gasteiger partial charge in [-0.05, 0) is 12.1 Å². The monoisotopic (exact) mass is 254 g/mol. The highest BCUT2D eigenvalue weighted by Crippen LogP contribution is 2.20. The summed E-state index contributed by atoms with van der Waals surface area (Å²) in [7, 11) is 1.40. The van der Waals surface area contributed by atoms with Crippen LogP contribution in [0.2, 0.25) is 0 Å². The van der Waals surface area contributed by atoms with Crippen molar-refractivity contribution in [3.63, 3.8) is 0 Å². The molecule has 0 aliphatic heterocycles. The predicted octanol–water partition coefficient (Wildman–Crippen LogP) is 2.16. The Labute approximate surface area is 107 Å². The quantitative estimate of drug-likeness (QED) is 0.818. The second-order valence-electron chi connectivity index (χ2n) is 4.26. The van der Waals surface area contributed by atoms with Gasteiger partial charge in [0.25, 0.3) is 0 Å². The average molecular weight is 254 g/mol. The van der Waals surface area contributed by atoms with Gasteiger partial charge in [0.1, 0.15) is 0 Å². The molecule has 5 heteroatoms. The highest BCUT2D eigenvalue weighted by atomic mass is 19.1. The summed E-state index contributed by atoms with van der Waals surface area (Å²) in [6, 6.07) is 4.68. The Morgan fingerprint density at radius 3 is 2.72 bits per heavy atom. The molecule has 1 aromatic carbocycles. The van der Waals surface area contributed by atoms with E-state index >= 15 is 0 Å². The van der Waals surface area contributed by atoms with Crippen molar-refractivity contribution < 1.29 is 13.9 Å². The molecule has 0 atom stereocenters. The van der Waals surface area contributed by atoms with E-state index in [-0.39, 0.29) is 11.7 Å². The number of carbonyl (C=O) groups excluding carboxylic acids is 1. The fourth-order valence-electron chi connectivity index (χ4n) is 1.44. The summed E-state index contributed by atoms with van der Waals surface area (Å²) in [6.07, 6.45) is 0.353. The van der Waals surface area contributed by atoms with Gasteiger partial charge in [-0.3, -0.25) is 4.79 Å². The largest absolute Gasteiger partial charge is 0.494 e. The zero-order valence-electron chi connectivity index (χ0n) is 10.9. The molecule has 4 nitrogen and oxygen atoms in total. The number of methoxy groups -OCH3 is 1. The van der Waals surface area contributed by atoms with Crippen LogP contribution in [0.4, 0.5) is 10.1 Å². The molecule has 100 valence electrons. The van der Waals surface area contributed by atoms with Gasteiger partial charge in [0.15, 0.2) is 11.6 Å². The molecule has 0 radical (unpaired) electrons. The number of ether oxygens (including phenoxy) is 1. The number of hydrogen-bond acceptors (Lipinski definition) is 3. The molecule has 0 unspecified atom stereocenters. The standard InChI is InChI=1S/C13H19FN2O2/c1-9(2)15-7-6-13(17)16-10-4-5-12(18-3)11(14)8-10/h4-5,8-9,15H,6-7H2,1-3H3,(H,16,17). The van der Waals surface area contributed by atoms with Gasteiger partial charge in [-0.2, -0.15) is 0 Å². The lowest BCUT2D eigenvalue weighted by Gasteiger charge is -2.09. The van der Waals surface area contributed by atoms with E-state index < -0.39 is 5.82 Å². The van der Waals surface area contributed by atoms with Crippen LogP contribution in [-0.4, -0.2) is 25.6 Å². The second kappa shape index (κ2) is 6.96. The number of amides is 1. The second-order valence-corrected chi connectivity index (χ2v) is 4.26. The van der Waals surface area contributed by atoms with E-state index in [1.807, 2.05) is 13.8 Å². The molecule has 0 aromatic heterocycles. The molecule has 0 fully saturated rings. The maximum atomic E-state index is 13.4. The van der Waals surface area contributed by atoms with Crippen LogP contribution in [0.1, 0.15) is 20.3 Å². The van der Waals surface area contributed by atoms with Gasteiger partial charge >= 0.3 is 0 Å². The minimum Gasteiger partial charge on any atom is -0.494 e. The van der Waals surface area contributed by atoms with Crippen molar-refractivity contribution in [3.8, 4) is 5.75 Å². The van der Waals surface area contributed by atoms with E-state index in [1.165, 1.54) is 19.2 Å². The molecule has 0 spiro atoms. The van der Waals surface area contributed by atoms with Crippen LogP contribution in [0, 0.1) is 5.82 Å². The Morgan fingerprint density at radius 1 is 1.44 bits per heavy atom. The Balaban J connectivity index is 2.47. The first-order chi connectivity index (χ1) is 8.52. The average Bonchev–Trinajstić information content (AvgIpc) is 2.28. The van der Waals surface area contributed by atoms with Crippen LogP contribution in [0.15, 0.2) is 18.2 Å². The molecular weight excluding hydrogens is 235 g/mol. The Morgan fingerprint density at radius 2 is 2.17 bits per heavy atom. The predicted molar refractivity (Wildman–Crippen MR) is 69.3 cm³/mol. The summed E-state index contributed by atoms with van der Waals surface area (Å²) >= 11 is 0. The number of anilines is 1. The molecule has 2 N–H and O–H groups in total. The molecule has 1 aromatic rings. The highest BCUT2D eigenvalue weighted by molar-refractivity contribution is 5.90. The zero-order valence-corrected chi connectivity index (χ0v) is 10.9. The Hall–Kier alpha value is -1.62. The van der Waals surface area contributed by atoms with Crippen molar-refractivity contribution >= 4 is 11.6 Å². The summed E-state index contributed by atoms with van der Waals surface area (Å²) < 4.78 is 18.2. The van der Waals surface area contributed by atoms with Crippen molar-refractivity contribution in [2.45, 2.75) is 26.3 Å². The first kappa shape index (κ1) is 14.4. The molecule has 0 aliphatic carbocycles. The number of hydrogen-bond donors (Lipinski definition) is 2. The number of nitrogens with one attached hydrogen (secondary N) is 2. The lowest BCUT2D eigenvalue weighted by molar-refractivity contribution is -0.116. The van der Waals surface area contributed by atoms with E-state index in [4.69, 9.17) is 4.74 Å². The van der Waals surface area contributed by atoms with Crippen molar-refractivity contribution in [2.75, 3.05) is 19.0 Å². The maximum absolute atomic E-state index is 13.4. The van der Waals surface area contributed by atoms with E-state index in [9.17, 15) is 9.18 Å². The molecule has 18 heavy (non-hydrogen) atoms. The summed E-state index contributed by atoms with van der Waals surface area (Å²) in [4.78, 5) is 11.6. The molecule has 0 heterocycles. The number of carbonyl (C=O) groups is 1. The van der Waals surface area contributed by atoms with Crippen LogP contribution < -0.4 is 15.4 Å². The van der Waals surface area contributed by atoms with E-state index in [0.717, 1.165) is 0 Å². The van der Waals surface area contributed by atoms with Crippen LogP contribution in [0.5, 0.6) is 5.75 Å². The normalized spacial score (nSPS) is 10.5. The fraction of sp³-hybridized carbons (Fsp3) is 0.462. The minimum absolute atomic E-state index is 0.146. The van der Waals surface area contributed by atoms with E-state index in [1.54, 1.807) is 6.07 Å². The SMILES string of the molecule is COc1ccc(NC(=O)CCNC(C)C)cc1F. The maximum Gasteiger partial charge on any atom is 0.225 e. The summed E-state index contributed by atoms with van der Waals surface area (Å²) in [5.74, 6) is -0.474. The van der Waals surface area contributed by atoms with Crippen LogP contribution in [0.3, 0.4) is 0 Å². The summed E-state index contributed by atoms with van der Waals surface area (Å²) in [6.45, 7) is 4.62. The first-order valence-corrected chi connectivity index (χ1v) is 5.89.